The van der Waals surface area contributed by atoms with Crippen molar-refractivity contribution in [1.29, 1.82) is 0 Å². The Morgan fingerprint density at radius 2 is 1.71 bits per heavy atom. The lowest BCUT2D eigenvalue weighted by molar-refractivity contribution is -0.143. The van der Waals surface area contributed by atoms with Gasteiger partial charge in [0.2, 0.25) is 0 Å². The molecule has 0 aliphatic rings. The Balaban J connectivity index is 3.45. The first kappa shape index (κ1) is 22.6. The standard InChI is InChI=1S/C21H36O3/c1-3-5-6-14-17-20(22)18-15-12-10-8-7-9-11-13-16-19-21(23)24-4-2/h6,10,12,14-15,18,20,22H,3-5,7-9,11,13,16-17,19H2,1-2H3. The highest BCUT2D eigenvalue weighted by Gasteiger charge is 2.00. The zero-order chi connectivity index (χ0) is 17.9. The van der Waals surface area contributed by atoms with Crippen LogP contribution in [0.15, 0.2) is 36.5 Å². The predicted molar refractivity (Wildman–Crippen MR) is 102 cm³/mol. The smallest absolute Gasteiger partial charge is 0.305 e. The average molecular weight is 337 g/mol. The molecule has 1 atom stereocenters. The van der Waals surface area contributed by atoms with E-state index in [0.717, 1.165) is 32.1 Å². The van der Waals surface area contributed by atoms with E-state index in [1.165, 1.54) is 19.3 Å². The summed E-state index contributed by atoms with van der Waals surface area (Å²) in [5.41, 5.74) is 0. The minimum atomic E-state index is -0.387. The zero-order valence-corrected chi connectivity index (χ0v) is 15.6. The third kappa shape index (κ3) is 17.0. The molecule has 0 aliphatic carbocycles. The van der Waals surface area contributed by atoms with Crippen LogP contribution in [0.2, 0.25) is 0 Å². The topological polar surface area (TPSA) is 46.5 Å². The molecule has 1 N–H and O–H groups in total. The van der Waals surface area contributed by atoms with Crippen molar-refractivity contribution >= 4 is 5.97 Å². The van der Waals surface area contributed by atoms with E-state index >= 15 is 0 Å². The van der Waals surface area contributed by atoms with Crippen LogP contribution < -0.4 is 0 Å². The van der Waals surface area contributed by atoms with Crippen molar-refractivity contribution < 1.29 is 14.6 Å². The monoisotopic (exact) mass is 336 g/mol. The van der Waals surface area contributed by atoms with Crippen molar-refractivity contribution in [2.24, 2.45) is 0 Å². The summed E-state index contributed by atoms with van der Waals surface area (Å²) in [6.07, 6.45) is 21.8. The molecular formula is C21H36O3. The van der Waals surface area contributed by atoms with Crippen molar-refractivity contribution in [2.75, 3.05) is 6.61 Å². The maximum absolute atomic E-state index is 11.2. The lowest BCUT2D eigenvalue weighted by atomic mass is 10.1. The maximum Gasteiger partial charge on any atom is 0.305 e. The second-order valence-electron chi connectivity index (χ2n) is 5.99. The molecule has 3 nitrogen and oxygen atoms in total. The van der Waals surface area contributed by atoms with Gasteiger partial charge in [-0.2, -0.15) is 0 Å². The Hall–Kier alpha value is -1.35. The molecule has 0 rings (SSSR count). The van der Waals surface area contributed by atoms with Gasteiger partial charge in [0.25, 0.3) is 0 Å². The number of aliphatic hydroxyl groups excluding tert-OH is 1. The van der Waals surface area contributed by atoms with Gasteiger partial charge in [-0.1, -0.05) is 69.1 Å². The number of carbonyl (C=O) groups is 1. The number of carbonyl (C=O) groups excluding carboxylic acids is 1. The summed E-state index contributed by atoms with van der Waals surface area (Å²) in [6.45, 7) is 4.47. The molecule has 138 valence electrons. The summed E-state index contributed by atoms with van der Waals surface area (Å²) in [6, 6.07) is 0. The molecule has 0 fully saturated rings. The van der Waals surface area contributed by atoms with Gasteiger partial charge in [0, 0.05) is 6.42 Å². The fraction of sp³-hybridized carbons (Fsp3) is 0.667. The molecule has 3 heteroatoms. The summed E-state index contributed by atoms with van der Waals surface area (Å²) in [7, 11) is 0. The SMILES string of the molecule is CCCC=CCC(O)C=CC=CCCCCCCCC(=O)OCC. The molecule has 0 bridgehead atoms. The molecule has 0 amide bonds. The van der Waals surface area contributed by atoms with Crippen LogP contribution in [-0.4, -0.2) is 23.8 Å². The van der Waals surface area contributed by atoms with Gasteiger partial charge >= 0.3 is 5.97 Å². The fourth-order valence-electron chi connectivity index (χ4n) is 2.26. The van der Waals surface area contributed by atoms with Gasteiger partial charge in [-0.3, -0.25) is 4.79 Å². The molecule has 0 aromatic rings. The molecule has 0 heterocycles. The minimum absolute atomic E-state index is 0.0738. The molecule has 1 unspecified atom stereocenters. The first-order valence-corrected chi connectivity index (χ1v) is 9.52. The Bertz CT molecular complexity index is 369. The Kier molecular flexibility index (Phi) is 17.0. The van der Waals surface area contributed by atoms with Gasteiger partial charge in [0.15, 0.2) is 0 Å². The number of hydrogen-bond donors (Lipinski definition) is 1. The molecule has 0 saturated carbocycles. The number of ether oxygens (including phenoxy) is 1. The number of rotatable bonds is 15. The molecule has 0 radical (unpaired) electrons. The zero-order valence-electron chi connectivity index (χ0n) is 15.6. The molecular weight excluding hydrogens is 300 g/mol. The van der Waals surface area contributed by atoms with E-state index in [4.69, 9.17) is 4.74 Å². The number of allylic oxidation sites excluding steroid dienone is 4. The van der Waals surface area contributed by atoms with E-state index in [1.54, 1.807) is 0 Å². The van der Waals surface area contributed by atoms with Crippen LogP contribution in [0.4, 0.5) is 0 Å². The van der Waals surface area contributed by atoms with Crippen LogP contribution >= 0.6 is 0 Å². The highest BCUT2D eigenvalue weighted by molar-refractivity contribution is 5.69. The van der Waals surface area contributed by atoms with Crippen LogP contribution in [0.3, 0.4) is 0 Å². The molecule has 0 saturated heterocycles. The van der Waals surface area contributed by atoms with Crippen LogP contribution in [0.5, 0.6) is 0 Å². The van der Waals surface area contributed by atoms with E-state index in [0.29, 0.717) is 19.4 Å². The van der Waals surface area contributed by atoms with Crippen molar-refractivity contribution in [3.8, 4) is 0 Å². The number of esters is 1. The van der Waals surface area contributed by atoms with Gasteiger partial charge < -0.3 is 9.84 Å². The maximum atomic E-state index is 11.2. The first-order valence-electron chi connectivity index (χ1n) is 9.52. The van der Waals surface area contributed by atoms with Gasteiger partial charge in [0.05, 0.1) is 12.7 Å². The summed E-state index contributed by atoms with van der Waals surface area (Å²) in [5, 5.41) is 9.74. The Labute approximate surface area is 148 Å². The van der Waals surface area contributed by atoms with E-state index in [-0.39, 0.29) is 12.1 Å². The first-order chi connectivity index (χ1) is 11.7. The second kappa shape index (κ2) is 18.0. The van der Waals surface area contributed by atoms with Gasteiger partial charge in [-0.25, -0.2) is 0 Å². The van der Waals surface area contributed by atoms with E-state index in [9.17, 15) is 9.90 Å². The van der Waals surface area contributed by atoms with Crippen LogP contribution in [0.25, 0.3) is 0 Å². The average Bonchev–Trinajstić information content (AvgIpc) is 2.57. The Morgan fingerprint density at radius 1 is 0.958 bits per heavy atom. The lowest BCUT2D eigenvalue weighted by Crippen LogP contribution is -2.03. The largest absolute Gasteiger partial charge is 0.466 e. The van der Waals surface area contributed by atoms with Crippen molar-refractivity contribution in [3.05, 3.63) is 36.5 Å². The Morgan fingerprint density at radius 3 is 2.46 bits per heavy atom. The lowest BCUT2D eigenvalue weighted by Gasteiger charge is -2.01. The van der Waals surface area contributed by atoms with Gasteiger partial charge in [0.1, 0.15) is 0 Å². The summed E-state index contributed by atoms with van der Waals surface area (Å²) >= 11 is 0. The predicted octanol–water partition coefficient (Wildman–Crippen LogP) is 5.50. The van der Waals surface area contributed by atoms with Gasteiger partial charge in [-0.15, -0.1) is 0 Å². The fourth-order valence-corrected chi connectivity index (χ4v) is 2.26. The minimum Gasteiger partial charge on any atom is -0.466 e. The van der Waals surface area contributed by atoms with E-state index < -0.39 is 0 Å². The highest BCUT2D eigenvalue weighted by atomic mass is 16.5. The van der Waals surface area contributed by atoms with Crippen LogP contribution in [0.1, 0.15) is 78.1 Å². The third-order valence-electron chi connectivity index (χ3n) is 3.64. The van der Waals surface area contributed by atoms with Crippen LogP contribution in [-0.2, 0) is 9.53 Å². The van der Waals surface area contributed by atoms with E-state index in [2.05, 4.69) is 19.1 Å². The quantitative estimate of drug-likeness (QED) is 0.186. The third-order valence-corrected chi connectivity index (χ3v) is 3.64. The van der Waals surface area contributed by atoms with Crippen LogP contribution in [0, 0.1) is 0 Å². The summed E-state index contributed by atoms with van der Waals surface area (Å²) < 4.78 is 4.90. The summed E-state index contributed by atoms with van der Waals surface area (Å²) in [5.74, 6) is -0.0738. The molecule has 0 aliphatic heterocycles. The molecule has 24 heavy (non-hydrogen) atoms. The van der Waals surface area contributed by atoms with Gasteiger partial charge in [-0.05, 0) is 39.0 Å². The number of hydrogen-bond acceptors (Lipinski definition) is 3. The molecule has 0 aromatic carbocycles. The number of unbranched alkanes of at least 4 members (excludes halogenated alkanes) is 6. The molecule has 0 spiro atoms. The second-order valence-corrected chi connectivity index (χ2v) is 5.99. The van der Waals surface area contributed by atoms with E-state index in [1.807, 2.05) is 31.2 Å². The summed E-state index contributed by atoms with van der Waals surface area (Å²) in [4.78, 5) is 11.2. The molecule has 0 aromatic heterocycles. The van der Waals surface area contributed by atoms with Crippen molar-refractivity contribution in [1.82, 2.24) is 0 Å². The number of aliphatic hydroxyl groups is 1. The highest BCUT2D eigenvalue weighted by Crippen LogP contribution is 2.08. The normalized spacial score (nSPS) is 13.3. The van der Waals surface area contributed by atoms with Crippen molar-refractivity contribution in [3.63, 3.8) is 0 Å². The van der Waals surface area contributed by atoms with Crippen molar-refractivity contribution in [2.45, 2.75) is 84.2 Å².